The van der Waals surface area contributed by atoms with Gasteiger partial charge in [-0.3, -0.25) is 9.80 Å². The highest BCUT2D eigenvalue weighted by molar-refractivity contribution is 6.18. The van der Waals surface area contributed by atoms with Gasteiger partial charge < -0.3 is 19.4 Å². The van der Waals surface area contributed by atoms with Crippen LogP contribution in [0.1, 0.15) is 51.8 Å². The minimum atomic E-state index is -0.418. The number of esters is 1. The molecule has 2 fully saturated rings. The quantitative estimate of drug-likeness (QED) is 0.654. The van der Waals surface area contributed by atoms with E-state index in [1.54, 1.807) is 11.1 Å². The molecule has 2 saturated heterocycles. The molecule has 0 aliphatic carbocycles. The maximum absolute atomic E-state index is 14.0. The van der Waals surface area contributed by atoms with Crippen molar-refractivity contribution in [3.63, 3.8) is 0 Å². The first-order chi connectivity index (χ1) is 17.2. The number of aromatic nitrogens is 1. The zero-order chi connectivity index (χ0) is 25.4. The molecule has 1 N–H and O–H groups in total. The molecule has 8 nitrogen and oxygen atoms in total. The van der Waals surface area contributed by atoms with Gasteiger partial charge in [0.2, 0.25) is 0 Å². The summed E-state index contributed by atoms with van der Waals surface area (Å²) < 4.78 is 11.2. The topological polar surface area (TPSA) is 78.1 Å². The highest BCUT2D eigenvalue weighted by Crippen LogP contribution is 2.40. The maximum atomic E-state index is 14.0. The third-order valence-corrected chi connectivity index (χ3v) is 7.54. The third kappa shape index (κ3) is 4.76. The van der Waals surface area contributed by atoms with Crippen LogP contribution in [0, 0.1) is 0 Å². The summed E-state index contributed by atoms with van der Waals surface area (Å²) in [4.78, 5) is 36.9. The van der Waals surface area contributed by atoms with E-state index in [2.05, 4.69) is 29.8 Å². The number of rotatable bonds is 3. The first-order valence-electron chi connectivity index (χ1n) is 13.2. The number of ether oxygens (including phenoxy) is 2. The van der Waals surface area contributed by atoms with Gasteiger partial charge in [-0.2, -0.15) is 0 Å². The van der Waals surface area contributed by atoms with E-state index in [1.165, 1.54) is 0 Å². The molecule has 4 heterocycles. The number of para-hydroxylation sites is 1. The van der Waals surface area contributed by atoms with Gasteiger partial charge in [-0.15, -0.1) is 0 Å². The van der Waals surface area contributed by atoms with Crippen LogP contribution in [-0.4, -0.2) is 89.8 Å². The Morgan fingerprint density at radius 1 is 1.14 bits per heavy atom. The lowest BCUT2D eigenvalue weighted by molar-refractivity contribution is -0.140. The van der Waals surface area contributed by atoms with Gasteiger partial charge in [0.05, 0.1) is 30.6 Å². The molecule has 8 heteroatoms. The summed E-state index contributed by atoms with van der Waals surface area (Å²) in [5.41, 5.74) is 2.77. The van der Waals surface area contributed by atoms with Crippen LogP contribution in [0.25, 0.3) is 16.5 Å². The number of nitrogens with one attached hydrogen (secondary N) is 1. The Kier molecular flexibility index (Phi) is 6.83. The van der Waals surface area contributed by atoms with Crippen molar-refractivity contribution in [2.75, 3.05) is 45.9 Å². The zero-order valence-corrected chi connectivity index (χ0v) is 21.9. The third-order valence-electron chi connectivity index (χ3n) is 7.54. The number of amides is 2. The van der Waals surface area contributed by atoms with Crippen LogP contribution < -0.4 is 0 Å². The van der Waals surface area contributed by atoms with Gasteiger partial charge >= 0.3 is 12.0 Å². The average Bonchev–Trinajstić information content (AvgIpc) is 3.21. The second-order valence-corrected chi connectivity index (χ2v) is 11.1. The van der Waals surface area contributed by atoms with Gasteiger partial charge in [-0.25, -0.2) is 9.59 Å². The lowest BCUT2D eigenvalue weighted by Gasteiger charge is -2.42. The largest absolute Gasteiger partial charge is 0.459 e. The van der Waals surface area contributed by atoms with E-state index in [1.807, 2.05) is 36.9 Å². The number of benzene rings is 1. The fourth-order valence-corrected chi connectivity index (χ4v) is 5.92. The molecule has 194 valence electrons. The minimum Gasteiger partial charge on any atom is -0.459 e. The van der Waals surface area contributed by atoms with Crippen LogP contribution in [0.2, 0.25) is 0 Å². The van der Waals surface area contributed by atoms with Crippen molar-refractivity contribution in [2.45, 2.75) is 58.1 Å². The molecule has 1 unspecified atom stereocenters. The number of morpholine rings is 1. The number of carbonyl (C=O) groups excluding carboxylic acids is 2. The molecule has 1 atom stereocenters. The zero-order valence-electron chi connectivity index (χ0n) is 21.9. The van der Waals surface area contributed by atoms with Crippen molar-refractivity contribution in [3.05, 3.63) is 41.7 Å². The van der Waals surface area contributed by atoms with Gasteiger partial charge in [0.25, 0.3) is 0 Å². The molecule has 5 rings (SSSR count). The second-order valence-electron chi connectivity index (χ2n) is 11.1. The van der Waals surface area contributed by atoms with E-state index >= 15 is 0 Å². The van der Waals surface area contributed by atoms with Crippen molar-refractivity contribution < 1.29 is 19.1 Å². The first-order valence-corrected chi connectivity index (χ1v) is 13.2. The highest BCUT2D eigenvalue weighted by Gasteiger charge is 2.39. The fourth-order valence-electron chi connectivity index (χ4n) is 5.92. The second kappa shape index (κ2) is 9.90. The molecule has 0 saturated carbocycles. The molecule has 3 aliphatic heterocycles. The molecule has 36 heavy (non-hydrogen) atoms. The first kappa shape index (κ1) is 24.8. The van der Waals surface area contributed by atoms with Crippen LogP contribution >= 0.6 is 0 Å². The molecule has 1 aromatic heterocycles. The molecule has 2 aromatic rings. The number of nitrogens with zero attached hydrogens (tertiary/aromatic N) is 3. The molecule has 0 radical (unpaired) electrons. The highest BCUT2D eigenvalue weighted by atomic mass is 16.5. The van der Waals surface area contributed by atoms with E-state index in [-0.39, 0.29) is 17.6 Å². The molecular formula is C28H38N4O4. The summed E-state index contributed by atoms with van der Waals surface area (Å²) in [6.07, 6.45) is 3.52. The number of hydrogen-bond acceptors (Lipinski definition) is 5. The smallest absolute Gasteiger partial charge is 0.342 e. The number of urea groups is 1. The Morgan fingerprint density at radius 2 is 1.89 bits per heavy atom. The number of carbonyl (C=O) groups is 2. The van der Waals surface area contributed by atoms with E-state index in [0.29, 0.717) is 24.7 Å². The van der Waals surface area contributed by atoms with Crippen LogP contribution in [0.15, 0.2) is 30.5 Å². The summed E-state index contributed by atoms with van der Waals surface area (Å²) in [5.74, 6) is -0.418. The number of aromatic amines is 1. The average molecular weight is 495 g/mol. The number of H-pyrrole nitrogens is 1. The van der Waals surface area contributed by atoms with E-state index < -0.39 is 5.97 Å². The Labute approximate surface area is 213 Å². The number of likely N-dealkylation sites (tertiary alicyclic amines) is 1. The summed E-state index contributed by atoms with van der Waals surface area (Å²) in [5, 5.41) is 1.07. The Hall–Kier alpha value is -2.84. The van der Waals surface area contributed by atoms with Crippen LogP contribution in [0.3, 0.4) is 0 Å². The van der Waals surface area contributed by atoms with Gasteiger partial charge in [0.15, 0.2) is 0 Å². The molecule has 0 bridgehead atoms. The van der Waals surface area contributed by atoms with Crippen molar-refractivity contribution >= 4 is 28.5 Å². The summed E-state index contributed by atoms with van der Waals surface area (Å²) in [7, 11) is 0. The van der Waals surface area contributed by atoms with Gasteiger partial charge in [-0.1, -0.05) is 32.0 Å². The normalized spacial score (nSPS) is 22.8. The number of fused-ring (bicyclic) bond motifs is 3. The van der Waals surface area contributed by atoms with E-state index in [9.17, 15) is 9.59 Å². The summed E-state index contributed by atoms with van der Waals surface area (Å²) in [6.45, 7) is 13.2. The van der Waals surface area contributed by atoms with Crippen LogP contribution in [0.5, 0.6) is 0 Å². The monoisotopic (exact) mass is 494 g/mol. The number of hydrogen-bond donors (Lipinski definition) is 1. The van der Waals surface area contributed by atoms with Crippen LogP contribution in [-0.2, 0) is 19.7 Å². The lowest BCUT2D eigenvalue weighted by atomic mass is 9.82. The molecule has 2 amide bonds. The summed E-state index contributed by atoms with van der Waals surface area (Å²) >= 11 is 0. The maximum Gasteiger partial charge on any atom is 0.342 e. The van der Waals surface area contributed by atoms with E-state index in [0.717, 1.165) is 67.8 Å². The molecule has 0 spiro atoms. The lowest BCUT2D eigenvalue weighted by Crippen LogP contribution is -2.55. The standard InChI is InChI=1S/C28H38N4O4/c1-19(2)36-26(33)22-17-32(18-28(3,4)24-21-9-5-6-10-23(21)29-25(22)24)27(34)31-11-7-8-20(16-31)30-12-14-35-15-13-30/h5-6,9-10,17,19-20,29H,7-8,11-16,18H2,1-4H3. The Balaban J connectivity index is 1.49. The van der Waals surface area contributed by atoms with Crippen molar-refractivity contribution in [2.24, 2.45) is 0 Å². The van der Waals surface area contributed by atoms with Gasteiger partial charge in [-0.05, 0) is 38.3 Å². The number of piperidine rings is 1. The Morgan fingerprint density at radius 3 is 2.64 bits per heavy atom. The van der Waals surface area contributed by atoms with Crippen molar-refractivity contribution in [3.8, 4) is 0 Å². The molecule has 1 aromatic carbocycles. The molecular weight excluding hydrogens is 456 g/mol. The Bertz CT molecular complexity index is 1160. The predicted octanol–water partition coefficient (Wildman–Crippen LogP) is 3.97. The van der Waals surface area contributed by atoms with Gasteiger partial charge in [0.1, 0.15) is 0 Å². The minimum absolute atomic E-state index is 0.0506. The molecule has 3 aliphatic rings. The van der Waals surface area contributed by atoms with E-state index in [4.69, 9.17) is 9.47 Å². The predicted molar refractivity (Wildman–Crippen MR) is 140 cm³/mol. The fraction of sp³-hybridized carbons (Fsp3) is 0.571. The summed E-state index contributed by atoms with van der Waals surface area (Å²) in [6, 6.07) is 8.39. The van der Waals surface area contributed by atoms with Crippen LogP contribution in [0.4, 0.5) is 4.79 Å². The van der Waals surface area contributed by atoms with Crippen molar-refractivity contribution in [1.82, 2.24) is 19.7 Å². The van der Waals surface area contributed by atoms with Crippen molar-refractivity contribution in [1.29, 1.82) is 0 Å². The van der Waals surface area contributed by atoms with Gasteiger partial charge in [0, 0.05) is 61.3 Å². The SMILES string of the molecule is CC(C)OC(=O)C1=CN(C(=O)N2CCCC(N3CCOCC3)C2)CC(C)(C)c2c1[nH]c1ccccc21.